The lowest BCUT2D eigenvalue weighted by Crippen LogP contribution is -2.04. The fourth-order valence-electron chi connectivity index (χ4n) is 1.41. The van der Waals surface area contributed by atoms with Crippen LogP contribution in [0.2, 0.25) is 0 Å². The minimum Gasteiger partial charge on any atom is -0.383 e. The molecule has 1 aromatic carbocycles. The average Bonchev–Trinajstić information content (AvgIpc) is 2.33. The second-order valence-electron chi connectivity index (χ2n) is 3.67. The summed E-state index contributed by atoms with van der Waals surface area (Å²) in [5.41, 5.74) is 6.66. The molecule has 0 aliphatic rings. The molecule has 0 atom stereocenters. The summed E-state index contributed by atoms with van der Waals surface area (Å²) >= 11 is 3.61. The molecule has 3 nitrogen and oxygen atoms in total. The number of hydrogen-bond acceptors (Lipinski definition) is 4. The number of anilines is 1. The van der Waals surface area contributed by atoms with Gasteiger partial charge in [0.15, 0.2) is 0 Å². The Balaban J connectivity index is 2.11. The van der Waals surface area contributed by atoms with Crippen LogP contribution in [0, 0.1) is 16.3 Å². The smallest absolute Gasteiger partial charge is 0.141 e. The van der Waals surface area contributed by atoms with E-state index in [4.69, 9.17) is 5.73 Å². The molecule has 0 unspecified atom stereocenters. The zero-order valence-electron chi connectivity index (χ0n) is 9.65. The van der Waals surface area contributed by atoms with Crippen LogP contribution < -0.4 is 5.73 Å². The molecule has 1 heterocycles. The van der Waals surface area contributed by atoms with Crippen LogP contribution in [-0.4, -0.2) is 9.97 Å². The lowest BCUT2D eigenvalue weighted by Gasteiger charge is -2.05. The summed E-state index contributed by atoms with van der Waals surface area (Å²) in [6.45, 7) is 1.90. The zero-order valence-corrected chi connectivity index (χ0v) is 12.6. The number of rotatable bonds is 3. The van der Waals surface area contributed by atoms with Crippen LogP contribution in [0.5, 0.6) is 0 Å². The third-order valence-electron chi connectivity index (χ3n) is 2.25. The first-order valence-corrected chi connectivity index (χ1v) is 7.29. The third-order valence-corrected chi connectivity index (χ3v) is 4.58. The molecule has 0 radical (unpaired) electrons. The van der Waals surface area contributed by atoms with E-state index in [1.807, 2.05) is 13.0 Å². The number of hydrogen-bond donors (Lipinski definition) is 1. The molecule has 0 spiro atoms. The highest BCUT2D eigenvalue weighted by Gasteiger charge is 2.07. The lowest BCUT2D eigenvalue weighted by molar-refractivity contribution is 0.624. The summed E-state index contributed by atoms with van der Waals surface area (Å²) in [7, 11) is 0. The van der Waals surface area contributed by atoms with Gasteiger partial charge in [0.1, 0.15) is 17.5 Å². The number of thioether (sulfide) groups is 1. The molecule has 1 aromatic heterocycles. The van der Waals surface area contributed by atoms with Gasteiger partial charge < -0.3 is 5.73 Å². The standard InChI is InChI=1S/C12H11FIN3S/c1-7-11(14)12(15)17-10(16-7)6-18-9-4-2-3-8(13)5-9/h2-5H,6H2,1H3,(H2,15,16,17). The largest absolute Gasteiger partial charge is 0.383 e. The van der Waals surface area contributed by atoms with Gasteiger partial charge in [0.05, 0.1) is 15.0 Å². The molecule has 2 aromatic rings. The molecule has 0 fully saturated rings. The van der Waals surface area contributed by atoms with E-state index in [9.17, 15) is 4.39 Å². The number of nitrogens with zero attached hydrogens (tertiary/aromatic N) is 2. The second kappa shape index (κ2) is 5.83. The van der Waals surface area contributed by atoms with Crippen LogP contribution >= 0.6 is 34.4 Å². The first kappa shape index (κ1) is 13.5. The molecule has 0 amide bonds. The highest BCUT2D eigenvalue weighted by atomic mass is 127. The van der Waals surface area contributed by atoms with E-state index < -0.39 is 0 Å². The summed E-state index contributed by atoms with van der Waals surface area (Å²) in [4.78, 5) is 9.43. The maximum absolute atomic E-state index is 13.0. The number of aromatic nitrogens is 2. The number of benzene rings is 1. The maximum Gasteiger partial charge on any atom is 0.141 e. The van der Waals surface area contributed by atoms with E-state index in [0.29, 0.717) is 17.4 Å². The monoisotopic (exact) mass is 375 g/mol. The molecular weight excluding hydrogens is 364 g/mol. The van der Waals surface area contributed by atoms with Gasteiger partial charge in [-0.25, -0.2) is 14.4 Å². The topological polar surface area (TPSA) is 51.8 Å². The molecule has 18 heavy (non-hydrogen) atoms. The molecule has 0 aliphatic heterocycles. The van der Waals surface area contributed by atoms with Crippen LogP contribution in [0.1, 0.15) is 11.5 Å². The van der Waals surface area contributed by atoms with Crippen molar-refractivity contribution in [3.8, 4) is 0 Å². The van der Waals surface area contributed by atoms with E-state index in [-0.39, 0.29) is 5.82 Å². The maximum atomic E-state index is 13.0. The second-order valence-corrected chi connectivity index (χ2v) is 5.80. The first-order valence-electron chi connectivity index (χ1n) is 5.23. The summed E-state index contributed by atoms with van der Waals surface area (Å²) in [6, 6.07) is 6.46. The SMILES string of the molecule is Cc1nc(CSc2cccc(F)c2)nc(N)c1I. The highest BCUT2D eigenvalue weighted by molar-refractivity contribution is 14.1. The Kier molecular flexibility index (Phi) is 4.39. The molecule has 0 saturated heterocycles. The molecule has 0 bridgehead atoms. The minimum absolute atomic E-state index is 0.237. The van der Waals surface area contributed by atoms with Gasteiger partial charge in [-0.1, -0.05) is 6.07 Å². The summed E-state index contributed by atoms with van der Waals surface area (Å²) in [6.07, 6.45) is 0. The molecule has 2 N–H and O–H groups in total. The fraction of sp³-hybridized carbons (Fsp3) is 0.167. The van der Waals surface area contributed by atoms with Gasteiger partial charge >= 0.3 is 0 Å². The Morgan fingerprint density at radius 2 is 2.17 bits per heavy atom. The lowest BCUT2D eigenvalue weighted by atomic mass is 10.4. The average molecular weight is 375 g/mol. The van der Waals surface area contributed by atoms with Crippen molar-refractivity contribution in [3.05, 3.63) is 45.2 Å². The summed E-state index contributed by atoms with van der Waals surface area (Å²) < 4.78 is 13.9. The van der Waals surface area contributed by atoms with Crippen LogP contribution in [0.25, 0.3) is 0 Å². The number of nitrogen functional groups attached to an aromatic ring is 1. The molecule has 6 heteroatoms. The van der Waals surface area contributed by atoms with Gasteiger partial charge in [-0.2, -0.15) is 0 Å². The van der Waals surface area contributed by atoms with E-state index in [0.717, 1.165) is 14.2 Å². The fourth-order valence-corrected chi connectivity index (χ4v) is 2.45. The van der Waals surface area contributed by atoms with Crippen molar-refractivity contribution in [2.45, 2.75) is 17.6 Å². The van der Waals surface area contributed by atoms with Crippen molar-refractivity contribution in [1.82, 2.24) is 9.97 Å². The molecule has 0 saturated carbocycles. The summed E-state index contributed by atoms with van der Waals surface area (Å²) in [5, 5.41) is 0. The van der Waals surface area contributed by atoms with Gasteiger partial charge in [-0.3, -0.25) is 0 Å². The molecule has 0 aliphatic carbocycles. The van der Waals surface area contributed by atoms with Crippen molar-refractivity contribution in [2.75, 3.05) is 5.73 Å². The first-order chi connectivity index (χ1) is 8.56. The Morgan fingerprint density at radius 3 is 2.83 bits per heavy atom. The zero-order chi connectivity index (χ0) is 13.1. The van der Waals surface area contributed by atoms with Crippen LogP contribution in [-0.2, 0) is 5.75 Å². The highest BCUT2D eigenvalue weighted by Crippen LogP contribution is 2.23. The number of nitrogens with two attached hydrogens (primary N) is 1. The van der Waals surface area contributed by atoms with E-state index in [1.165, 1.54) is 23.9 Å². The van der Waals surface area contributed by atoms with Gasteiger partial charge in [-0.05, 0) is 47.7 Å². The Hall–Kier alpha value is -0.890. The van der Waals surface area contributed by atoms with Crippen molar-refractivity contribution in [2.24, 2.45) is 0 Å². The van der Waals surface area contributed by atoms with E-state index >= 15 is 0 Å². The Morgan fingerprint density at radius 1 is 1.39 bits per heavy atom. The van der Waals surface area contributed by atoms with Crippen molar-refractivity contribution >= 4 is 40.2 Å². The quantitative estimate of drug-likeness (QED) is 0.660. The predicted molar refractivity (Wildman–Crippen MR) is 79.9 cm³/mol. The van der Waals surface area contributed by atoms with Gasteiger partial charge in [0, 0.05) is 4.90 Å². The summed E-state index contributed by atoms with van der Waals surface area (Å²) in [5.74, 6) is 1.50. The van der Waals surface area contributed by atoms with Gasteiger partial charge in [-0.15, -0.1) is 11.8 Å². The normalized spacial score (nSPS) is 10.6. The van der Waals surface area contributed by atoms with E-state index in [1.54, 1.807) is 6.07 Å². The molecule has 2 rings (SSSR count). The van der Waals surface area contributed by atoms with E-state index in [2.05, 4.69) is 32.6 Å². The molecule has 94 valence electrons. The van der Waals surface area contributed by atoms with Gasteiger partial charge in [0.25, 0.3) is 0 Å². The molecular formula is C12H11FIN3S. The van der Waals surface area contributed by atoms with Gasteiger partial charge in [0.2, 0.25) is 0 Å². The predicted octanol–water partition coefficient (Wildman–Crippen LogP) is 3.40. The van der Waals surface area contributed by atoms with Crippen LogP contribution in [0.15, 0.2) is 29.2 Å². The van der Waals surface area contributed by atoms with Crippen molar-refractivity contribution in [1.29, 1.82) is 0 Å². The Bertz CT molecular complexity index is 554. The number of halogens is 2. The van der Waals surface area contributed by atoms with Crippen molar-refractivity contribution < 1.29 is 4.39 Å². The minimum atomic E-state index is -0.237. The number of aryl methyl sites for hydroxylation is 1. The Labute approximate surface area is 123 Å². The van der Waals surface area contributed by atoms with Crippen LogP contribution in [0.4, 0.5) is 10.2 Å². The third kappa shape index (κ3) is 3.32. The van der Waals surface area contributed by atoms with Crippen LogP contribution in [0.3, 0.4) is 0 Å². The van der Waals surface area contributed by atoms with Crippen molar-refractivity contribution in [3.63, 3.8) is 0 Å².